The summed E-state index contributed by atoms with van der Waals surface area (Å²) in [6, 6.07) is 14.2. The van der Waals surface area contributed by atoms with E-state index in [-0.39, 0.29) is 11.5 Å². The van der Waals surface area contributed by atoms with E-state index in [1.165, 1.54) is 28.8 Å². The fraction of sp³-hybridized carbons (Fsp3) is 0.211. The molecule has 0 saturated carbocycles. The van der Waals surface area contributed by atoms with E-state index in [0.29, 0.717) is 13.0 Å². The van der Waals surface area contributed by atoms with Crippen molar-refractivity contribution >= 4 is 16.8 Å². The summed E-state index contributed by atoms with van der Waals surface area (Å²) in [5.74, 6) is -0.868. The Kier molecular flexibility index (Phi) is 4.42. The lowest BCUT2D eigenvalue weighted by Gasteiger charge is -2.07. The van der Waals surface area contributed by atoms with E-state index in [1.807, 2.05) is 12.1 Å². The first-order chi connectivity index (χ1) is 11.2. The average molecular weight is 310 g/mol. The Morgan fingerprint density at radius 1 is 1.13 bits per heavy atom. The van der Waals surface area contributed by atoms with Gasteiger partial charge in [0.1, 0.15) is 5.82 Å². The van der Waals surface area contributed by atoms with Gasteiger partial charge in [-0.05, 0) is 36.6 Å². The summed E-state index contributed by atoms with van der Waals surface area (Å²) in [5, 5.41) is 3.99. The first-order valence-corrected chi connectivity index (χ1v) is 7.82. The van der Waals surface area contributed by atoms with Crippen LogP contribution in [0.15, 0.2) is 48.5 Å². The minimum atomic E-state index is -0.494. The van der Waals surface area contributed by atoms with E-state index in [2.05, 4.69) is 29.4 Å². The van der Waals surface area contributed by atoms with Crippen LogP contribution in [0.5, 0.6) is 0 Å². The number of H-pyrrole nitrogens is 1. The lowest BCUT2D eigenvalue weighted by Crippen LogP contribution is -2.26. The van der Waals surface area contributed by atoms with E-state index >= 15 is 0 Å². The van der Waals surface area contributed by atoms with Crippen LogP contribution in [0.3, 0.4) is 0 Å². The molecule has 1 heterocycles. The number of carbonyl (C=O) groups excluding carboxylic acids is 1. The molecular formula is C19H19FN2O. The maximum Gasteiger partial charge on any atom is 0.254 e. The second-order valence-electron chi connectivity index (χ2n) is 5.47. The third kappa shape index (κ3) is 3.11. The molecule has 1 aromatic heterocycles. The van der Waals surface area contributed by atoms with E-state index in [9.17, 15) is 9.18 Å². The van der Waals surface area contributed by atoms with Gasteiger partial charge in [-0.25, -0.2) is 4.39 Å². The number of fused-ring (bicyclic) bond motifs is 1. The van der Waals surface area contributed by atoms with E-state index in [4.69, 9.17) is 0 Å². The summed E-state index contributed by atoms with van der Waals surface area (Å²) < 4.78 is 13.6. The molecule has 0 aliphatic rings. The molecule has 3 aromatic rings. The van der Waals surface area contributed by atoms with Gasteiger partial charge in [0.15, 0.2) is 0 Å². The molecule has 0 fully saturated rings. The van der Waals surface area contributed by atoms with Crippen LogP contribution in [0.1, 0.15) is 28.5 Å². The maximum atomic E-state index is 13.6. The quantitative estimate of drug-likeness (QED) is 0.739. The molecule has 0 atom stereocenters. The zero-order chi connectivity index (χ0) is 16.2. The van der Waals surface area contributed by atoms with Crippen LogP contribution in [-0.2, 0) is 12.8 Å². The van der Waals surface area contributed by atoms with Gasteiger partial charge < -0.3 is 10.3 Å². The number of carbonyl (C=O) groups is 1. The molecule has 4 heteroatoms. The summed E-state index contributed by atoms with van der Waals surface area (Å²) in [4.78, 5) is 15.5. The largest absolute Gasteiger partial charge is 0.358 e. The highest BCUT2D eigenvalue weighted by molar-refractivity contribution is 5.94. The average Bonchev–Trinajstić information content (AvgIpc) is 2.93. The SMILES string of the molecule is CCc1[nH]c2ccccc2c1CCNC(=O)c1ccccc1F. The predicted molar refractivity (Wildman–Crippen MR) is 90.1 cm³/mol. The van der Waals surface area contributed by atoms with E-state index in [1.54, 1.807) is 12.1 Å². The first kappa shape index (κ1) is 15.3. The van der Waals surface area contributed by atoms with Gasteiger partial charge in [0.2, 0.25) is 0 Å². The fourth-order valence-corrected chi connectivity index (χ4v) is 2.88. The lowest BCUT2D eigenvalue weighted by molar-refractivity contribution is 0.0950. The van der Waals surface area contributed by atoms with Crippen molar-refractivity contribution in [2.75, 3.05) is 6.54 Å². The number of hydrogen-bond acceptors (Lipinski definition) is 1. The van der Waals surface area contributed by atoms with Crippen LogP contribution in [-0.4, -0.2) is 17.4 Å². The third-order valence-electron chi connectivity index (χ3n) is 4.03. The molecule has 118 valence electrons. The maximum absolute atomic E-state index is 13.6. The van der Waals surface area contributed by atoms with E-state index in [0.717, 1.165) is 11.9 Å². The minimum absolute atomic E-state index is 0.0853. The zero-order valence-corrected chi connectivity index (χ0v) is 13.0. The Labute approximate surface area is 134 Å². The van der Waals surface area contributed by atoms with E-state index < -0.39 is 5.82 Å². The number of nitrogens with one attached hydrogen (secondary N) is 2. The molecule has 0 unspecified atom stereocenters. The van der Waals surface area contributed by atoms with Crippen molar-refractivity contribution in [3.63, 3.8) is 0 Å². The standard InChI is InChI=1S/C19H19FN2O/c1-2-17-14(13-7-4-6-10-18(13)22-17)11-12-21-19(23)15-8-3-5-9-16(15)20/h3-10,22H,2,11-12H2,1H3,(H,21,23). The van der Waals surface area contributed by atoms with Crippen molar-refractivity contribution in [1.29, 1.82) is 0 Å². The molecule has 0 aliphatic heterocycles. The molecule has 3 nitrogen and oxygen atoms in total. The monoisotopic (exact) mass is 310 g/mol. The number of aromatic nitrogens is 1. The third-order valence-corrected chi connectivity index (χ3v) is 4.03. The number of hydrogen-bond donors (Lipinski definition) is 2. The Morgan fingerprint density at radius 2 is 1.87 bits per heavy atom. The van der Waals surface area contributed by atoms with Crippen LogP contribution in [0.25, 0.3) is 10.9 Å². The smallest absolute Gasteiger partial charge is 0.254 e. The van der Waals surface area contributed by atoms with Crippen molar-refractivity contribution in [3.05, 3.63) is 71.2 Å². The van der Waals surface area contributed by atoms with Gasteiger partial charge in [0.25, 0.3) is 5.91 Å². The zero-order valence-electron chi connectivity index (χ0n) is 13.0. The highest BCUT2D eigenvalue weighted by atomic mass is 19.1. The van der Waals surface area contributed by atoms with Gasteiger partial charge in [-0.2, -0.15) is 0 Å². The van der Waals surface area contributed by atoms with Crippen molar-refractivity contribution in [2.45, 2.75) is 19.8 Å². The molecule has 1 amide bonds. The fourth-order valence-electron chi connectivity index (χ4n) is 2.88. The highest BCUT2D eigenvalue weighted by Crippen LogP contribution is 2.23. The molecule has 0 radical (unpaired) electrons. The molecule has 0 saturated heterocycles. The van der Waals surface area contributed by atoms with Crippen LogP contribution < -0.4 is 5.32 Å². The molecule has 0 bridgehead atoms. The summed E-state index contributed by atoms with van der Waals surface area (Å²) in [6.07, 6.45) is 1.62. The summed E-state index contributed by atoms with van der Waals surface area (Å²) in [6.45, 7) is 2.58. The second-order valence-corrected chi connectivity index (χ2v) is 5.47. The van der Waals surface area contributed by atoms with Gasteiger partial charge in [0.05, 0.1) is 5.56 Å². The normalized spacial score (nSPS) is 10.9. The lowest BCUT2D eigenvalue weighted by atomic mass is 10.1. The summed E-state index contributed by atoms with van der Waals surface area (Å²) in [5.41, 5.74) is 3.60. The summed E-state index contributed by atoms with van der Waals surface area (Å²) >= 11 is 0. The molecular weight excluding hydrogens is 291 g/mol. The molecule has 0 spiro atoms. The minimum Gasteiger partial charge on any atom is -0.358 e. The topological polar surface area (TPSA) is 44.9 Å². The Hall–Kier alpha value is -2.62. The van der Waals surface area contributed by atoms with Gasteiger partial charge in [-0.1, -0.05) is 37.3 Å². The Bertz CT molecular complexity index is 838. The van der Waals surface area contributed by atoms with Gasteiger partial charge in [0, 0.05) is 23.1 Å². The Balaban J connectivity index is 1.72. The second kappa shape index (κ2) is 6.65. The molecule has 2 aromatic carbocycles. The van der Waals surface area contributed by atoms with Crippen LogP contribution in [0.2, 0.25) is 0 Å². The molecule has 2 N–H and O–H groups in total. The predicted octanol–water partition coefficient (Wildman–Crippen LogP) is 3.84. The number of benzene rings is 2. The highest BCUT2D eigenvalue weighted by Gasteiger charge is 2.12. The molecule has 0 aliphatic carbocycles. The van der Waals surface area contributed by atoms with Crippen LogP contribution in [0.4, 0.5) is 4.39 Å². The number of para-hydroxylation sites is 1. The number of aryl methyl sites for hydroxylation is 1. The number of rotatable bonds is 5. The van der Waals surface area contributed by atoms with Crippen molar-refractivity contribution in [2.24, 2.45) is 0 Å². The summed E-state index contributed by atoms with van der Waals surface area (Å²) in [7, 11) is 0. The van der Waals surface area contributed by atoms with Gasteiger partial charge in [-0.3, -0.25) is 4.79 Å². The van der Waals surface area contributed by atoms with Crippen LogP contribution >= 0.6 is 0 Å². The number of aromatic amines is 1. The van der Waals surface area contributed by atoms with Crippen molar-refractivity contribution in [1.82, 2.24) is 10.3 Å². The van der Waals surface area contributed by atoms with Gasteiger partial charge in [-0.15, -0.1) is 0 Å². The molecule has 23 heavy (non-hydrogen) atoms. The van der Waals surface area contributed by atoms with Crippen molar-refractivity contribution in [3.8, 4) is 0 Å². The van der Waals surface area contributed by atoms with Crippen LogP contribution in [0, 0.1) is 5.82 Å². The van der Waals surface area contributed by atoms with Gasteiger partial charge >= 0.3 is 0 Å². The number of amides is 1. The molecule has 3 rings (SSSR count). The number of halogens is 1. The first-order valence-electron chi connectivity index (χ1n) is 7.82. The van der Waals surface area contributed by atoms with Crippen molar-refractivity contribution < 1.29 is 9.18 Å². The Morgan fingerprint density at radius 3 is 2.65 bits per heavy atom.